The van der Waals surface area contributed by atoms with Crippen LogP contribution >= 0.6 is 11.8 Å². The van der Waals surface area contributed by atoms with Gasteiger partial charge in [-0.2, -0.15) is 0 Å². The highest BCUT2D eigenvalue weighted by Gasteiger charge is 2.37. The molecule has 1 aliphatic rings. The number of anilines is 1. The molecule has 0 saturated carbocycles. The third-order valence-electron chi connectivity index (χ3n) is 5.24. The topological polar surface area (TPSA) is 109 Å². The third-order valence-corrected chi connectivity index (χ3v) is 6.66. The van der Waals surface area contributed by atoms with Crippen LogP contribution in [0.15, 0.2) is 47.4 Å². The average Bonchev–Trinajstić information content (AvgIpc) is 3.46. The van der Waals surface area contributed by atoms with Crippen LogP contribution in [0.3, 0.4) is 0 Å². The van der Waals surface area contributed by atoms with E-state index in [1.807, 2.05) is 4.40 Å². The summed E-state index contributed by atoms with van der Waals surface area (Å²) in [5, 5.41) is 23.0. The second kappa shape index (κ2) is 7.95. The molecule has 0 amide bonds. The summed E-state index contributed by atoms with van der Waals surface area (Å²) in [5.41, 5.74) is 2.43. The van der Waals surface area contributed by atoms with E-state index in [2.05, 4.69) is 20.3 Å². The van der Waals surface area contributed by atoms with Crippen molar-refractivity contribution in [1.29, 1.82) is 0 Å². The van der Waals surface area contributed by atoms with Crippen LogP contribution in [0, 0.1) is 12.7 Å². The normalized spacial score (nSPS) is 21.1. The van der Waals surface area contributed by atoms with Crippen molar-refractivity contribution in [2.75, 3.05) is 11.1 Å². The number of aromatic nitrogens is 4. The molecule has 1 aromatic carbocycles. The summed E-state index contributed by atoms with van der Waals surface area (Å²) in [4.78, 5) is 12.9. The first kappa shape index (κ1) is 20.0. The number of rotatable bonds is 5. The third kappa shape index (κ3) is 3.67. The number of halogens is 1. The van der Waals surface area contributed by atoms with E-state index in [1.165, 1.54) is 17.8 Å². The largest absolute Gasteiger partial charge is 0.441 e. The van der Waals surface area contributed by atoms with Crippen molar-refractivity contribution < 1.29 is 19.0 Å². The molecular weight excluding hydrogens is 421 g/mol. The summed E-state index contributed by atoms with van der Waals surface area (Å²) in [7, 11) is 0. The molecule has 160 valence electrons. The highest BCUT2D eigenvalue weighted by atomic mass is 32.2. The molecule has 3 atom stereocenters. The van der Waals surface area contributed by atoms with E-state index in [4.69, 9.17) is 4.42 Å². The van der Waals surface area contributed by atoms with E-state index in [0.29, 0.717) is 35.1 Å². The zero-order chi connectivity index (χ0) is 21.5. The number of aliphatic hydroxyl groups is 2. The van der Waals surface area contributed by atoms with E-state index in [-0.39, 0.29) is 11.1 Å². The molecule has 0 bridgehead atoms. The quantitative estimate of drug-likeness (QED) is 0.434. The predicted octanol–water partition coefficient (Wildman–Crippen LogP) is 2.95. The molecule has 5 rings (SSSR count). The molecule has 3 N–H and O–H groups in total. The van der Waals surface area contributed by atoms with Crippen molar-refractivity contribution in [1.82, 2.24) is 19.4 Å². The summed E-state index contributed by atoms with van der Waals surface area (Å²) in [6.07, 6.45) is 5.06. The van der Waals surface area contributed by atoms with E-state index in [0.717, 1.165) is 11.3 Å². The zero-order valence-corrected chi connectivity index (χ0v) is 17.4. The van der Waals surface area contributed by atoms with Gasteiger partial charge in [0, 0.05) is 24.7 Å². The van der Waals surface area contributed by atoms with Gasteiger partial charge in [-0.1, -0.05) is 6.07 Å². The van der Waals surface area contributed by atoms with Gasteiger partial charge in [0.25, 0.3) is 0 Å². The second-order valence-electron chi connectivity index (χ2n) is 7.41. The maximum Gasteiger partial charge on any atom is 0.229 e. The molecule has 1 fully saturated rings. The molecule has 31 heavy (non-hydrogen) atoms. The molecule has 4 heterocycles. The summed E-state index contributed by atoms with van der Waals surface area (Å²) in [5.74, 6) is 1.48. The van der Waals surface area contributed by atoms with Crippen LogP contribution in [-0.2, 0) is 6.54 Å². The van der Waals surface area contributed by atoms with Crippen molar-refractivity contribution in [2.45, 2.75) is 30.9 Å². The Balaban J connectivity index is 1.36. The first-order chi connectivity index (χ1) is 15.0. The summed E-state index contributed by atoms with van der Waals surface area (Å²) in [6.45, 7) is 2.10. The van der Waals surface area contributed by atoms with Gasteiger partial charge >= 0.3 is 0 Å². The van der Waals surface area contributed by atoms with Crippen molar-refractivity contribution >= 4 is 23.2 Å². The van der Waals surface area contributed by atoms with Gasteiger partial charge in [-0.3, -0.25) is 4.40 Å². The minimum atomic E-state index is -0.844. The number of aliphatic hydroxyl groups excluding tert-OH is 2. The maximum absolute atomic E-state index is 14.6. The number of nitrogens with one attached hydrogen (secondary N) is 1. The number of hydrogen-bond acceptors (Lipinski definition) is 8. The summed E-state index contributed by atoms with van der Waals surface area (Å²) in [6, 6.07) is 4.88. The highest BCUT2D eigenvalue weighted by Crippen LogP contribution is 2.40. The number of aryl methyl sites for hydroxylation is 1. The van der Waals surface area contributed by atoms with Crippen LogP contribution in [0.5, 0.6) is 0 Å². The van der Waals surface area contributed by atoms with Gasteiger partial charge in [0.2, 0.25) is 5.89 Å². The Morgan fingerprint density at radius 3 is 2.84 bits per heavy atom. The molecule has 0 unspecified atom stereocenters. The van der Waals surface area contributed by atoms with Crippen LogP contribution < -0.4 is 5.32 Å². The van der Waals surface area contributed by atoms with Crippen LogP contribution in [0.25, 0.3) is 17.1 Å². The molecule has 3 aromatic heterocycles. The van der Waals surface area contributed by atoms with Crippen LogP contribution in [0.2, 0.25) is 0 Å². The number of benzene rings is 1. The van der Waals surface area contributed by atoms with Crippen LogP contribution in [0.1, 0.15) is 22.3 Å². The lowest BCUT2D eigenvalue weighted by Crippen LogP contribution is -2.25. The Bertz CT molecular complexity index is 1240. The second-order valence-corrected chi connectivity index (χ2v) is 8.58. The fourth-order valence-electron chi connectivity index (χ4n) is 3.64. The smallest absolute Gasteiger partial charge is 0.229 e. The lowest BCUT2D eigenvalue weighted by atomic mass is 10.1. The standard InChI is InChI=1S/C21H20FN5O3S/c1-11-7-26-21(30-11)13-3-2-12(6-14(13)22)8-24-19-20-25-9-15(27(20)5-4-23-19)18-17(29)16(28)10-31-18/h2-7,9,16-18,28-29H,8,10H2,1H3,(H,23,24)/t16-,17-,18+/m1/s1. The van der Waals surface area contributed by atoms with Gasteiger partial charge in [0.05, 0.1) is 41.1 Å². The predicted molar refractivity (Wildman–Crippen MR) is 114 cm³/mol. The first-order valence-corrected chi connectivity index (χ1v) is 10.8. The van der Waals surface area contributed by atoms with Crippen molar-refractivity contribution in [3.63, 3.8) is 0 Å². The Hall–Kier alpha value is -2.95. The van der Waals surface area contributed by atoms with Crippen LogP contribution in [-0.4, -0.2) is 47.5 Å². The highest BCUT2D eigenvalue weighted by molar-refractivity contribution is 7.99. The van der Waals surface area contributed by atoms with E-state index >= 15 is 0 Å². The lowest BCUT2D eigenvalue weighted by Gasteiger charge is -2.15. The molecule has 0 radical (unpaired) electrons. The van der Waals surface area contributed by atoms with Crippen molar-refractivity contribution in [3.05, 3.63) is 65.8 Å². The van der Waals surface area contributed by atoms with Gasteiger partial charge in [-0.25, -0.2) is 19.3 Å². The first-order valence-electron chi connectivity index (χ1n) is 9.76. The van der Waals surface area contributed by atoms with Crippen molar-refractivity contribution in [3.8, 4) is 11.5 Å². The lowest BCUT2D eigenvalue weighted by molar-refractivity contribution is 0.0411. The van der Waals surface area contributed by atoms with E-state index in [1.54, 1.807) is 43.8 Å². The van der Waals surface area contributed by atoms with Gasteiger partial charge in [0.1, 0.15) is 11.6 Å². The maximum atomic E-state index is 14.6. The van der Waals surface area contributed by atoms with Gasteiger partial charge in [-0.05, 0) is 24.6 Å². The monoisotopic (exact) mass is 441 g/mol. The minimum Gasteiger partial charge on any atom is -0.441 e. The Labute approximate surface area is 181 Å². The van der Waals surface area contributed by atoms with Gasteiger partial charge in [0.15, 0.2) is 11.5 Å². The number of thioether (sulfide) groups is 1. The summed E-state index contributed by atoms with van der Waals surface area (Å²) < 4.78 is 21.8. The number of fused-ring (bicyclic) bond motifs is 1. The Morgan fingerprint density at radius 2 is 2.13 bits per heavy atom. The van der Waals surface area contributed by atoms with E-state index in [9.17, 15) is 14.6 Å². The minimum absolute atomic E-state index is 0.253. The zero-order valence-electron chi connectivity index (χ0n) is 16.6. The molecule has 0 spiro atoms. The number of imidazole rings is 1. The SMILES string of the molecule is Cc1cnc(-c2ccc(CNc3nccn4c([C@@H]5SC[C@@H](O)[C@H]5O)cnc34)cc2F)o1. The molecule has 4 aromatic rings. The molecule has 1 saturated heterocycles. The van der Waals surface area contributed by atoms with Gasteiger partial charge < -0.3 is 19.9 Å². The Morgan fingerprint density at radius 1 is 1.26 bits per heavy atom. The van der Waals surface area contributed by atoms with Crippen LogP contribution in [0.4, 0.5) is 10.2 Å². The van der Waals surface area contributed by atoms with Crippen molar-refractivity contribution in [2.24, 2.45) is 0 Å². The molecular formula is C21H20FN5O3S. The molecule has 0 aliphatic carbocycles. The van der Waals surface area contributed by atoms with Gasteiger partial charge in [-0.15, -0.1) is 11.8 Å². The number of oxazole rings is 1. The molecule has 10 heteroatoms. The Kier molecular flexibility index (Phi) is 5.12. The fraction of sp³-hybridized carbons (Fsp3) is 0.286. The number of hydrogen-bond donors (Lipinski definition) is 3. The molecule has 8 nitrogen and oxygen atoms in total. The summed E-state index contributed by atoms with van der Waals surface area (Å²) >= 11 is 1.49. The average molecular weight is 441 g/mol. The van der Waals surface area contributed by atoms with E-state index < -0.39 is 18.0 Å². The fourth-order valence-corrected chi connectivity index (χ4v) is 4.97. The molecule has 1 aliphatic heterocycles. The number of nitrogens with zero attached hydrogens (tertiary/aromatic N) is 4.